The monoisotopic (exact) mass is 283 g/mol. The Morgan fingerprint density at radius 3 is 2.40 bits per heavy atom. The molecule has 5 nitrogen and oxygen atoms in total. The molecule has 0 radical (unpaired) electrons. The maximum atomic E-state index is 6.02. The van der Waals surface area contributed by atoms with Crippen molar-refractivity contribution in [3.63, 3.8) is 0 Å². The molecule has 0 amide bonds. The molecule has 1 aromatic heterocycles. The normalized spacial score (nSPS) is 15.2. The zero-order valence-corrected chi connectivity index (χ0v) is 13.9. The summed E-state index contributed by atoms with van der Waals surface area (Å²) in [5, 5.41) is 7.77. The van der Waals surface area contributed by atoms with Crippen LogP contribution in [0.3, 0.4) is 0 Å². The van der Waals surface area contributed by atoms with E-state index in [0.29, 0.717) is 6.61 Å². The molecule has 1 N–H and O–H groups in total. The van der Waals surface area contributed by atoms with Crippen LogP contribution in [0.1, 0.15) is 46.4 Å². The van der Waals surface area contributed by atoms with Crippen LogP contribution in [0.4, 0.5) is 0 Å². The Labute approximate surface area is 122 Å². The Morgan fingerprint density at radius 2 is 2.00 bits per heavy atom. The molecule has 0 aliphatic heterocycles. The lowest BCUT2D eigenvalue weighted by Gasteiger charge is -2.37. The smallest absolute Gasteiger partial charge is 0.161 e. The van der Waals surface area contributed by atoms with Crippen LogP contribution in [0.25, 0.3) is 0 Å². The lowest BCUT2D eigenvalue weighted by molar-refractivity contribution is -0.0372. The van der Waals surface area contributed by atoms with E-state index in [-0.39, 0.29) is 17.6 Å². The first-order chi connectivity index (χ1) is 9.40. The van der Waals surface area contributed by atoms with Crippen LogP contribution >= 0.6 is 0 Å². The van der Waals surface area contributed by atoms with Crippen LogP contribution in [0.5, 0.6) is 5.75 Å². The maximum Gasteiger partial charge on any atom is 0.161 e. The molecule has 0 aliphatic rings. The predicted molar refractivity (Wildman–Crippen MR) is 81.1 cm³/mol. The van der Waals surface area contributed by atoms with Gasteiger partial charge in [0.1, 0.15) is 0 Å². The lowest BCUT2D eigenvalue weighted by Crippen LogP contribution is -2.42. The number of methoxy groups -OCH3 is 1. The molecule has 0 aliphatic carbocycles. The number of nitrogens with zero attached hydrogens (tertiary/aromatic N) is 2. The third-order valence-corrected chi connectivity index (χ3v) is 3.47. The second-order valence-electron chi connectivity index (χ2n) is 5.92. The van der Waals surface area contributed by atoms with Crippen molar-refractivity contribution in [3.8, 4) is 5.75 Å². The molecule has 1 aromatic rings. The van der Waals surface area contributed by atoms with Crippen molar-refractivity contribution >= 4 is 0 Å². The summed E-state index contributed by atoms with van der Waals surface area (Å²) in [6.07, 6.45) is 1.81. The zero-order valence-electron chi connectivity index (χ0n) is 13.9. The van der Waals surface area contributed by atoms with Crippen molar-refractivity contribution in [1.29, 1.82) is 0 Å². The molecule has 0 aromatic carbocycles. The van der Waals surface area contributed by atoms with E-state index >= 15 is 0 Å². The summed E-state index contributed by atoms with van der Waals surface area (Å²) >= 11 is 0. The minimum atomic E-state index is 0.0114. The SMILES string of the molecule is CCOC(C(NC)c1c(OC)cnn1CC)C(C)(C)C. The summed E-state index contributed by atoms with van der Waals surface area (Å²) in [6.45, 7) is 12.2. The quantitative estimate of drug-likeness (QED) is 0.835. The highest BCUT2D eigenvalue weighted by Crippen LogP contribution is 2.36. The van der Waals surface area contributed by atoms with Crippen LogP contribution < -0.4 is 10.1 Å². The summed E-state index contributed by atoms with van der Waals surface area (Å²) in [6, 6.07) is 0.0346. The van der Waals surface area contributed by atoms with Crippen LogP contribution in [-0.2, 0) is 11.3 Å². The number of nitrogens with one attached hydrogen (secondary N) is 1. The maximum absolute atomic E-state index is 6.02. The van der Waals surface area contributed by atoms with Gasteiger partial charge in [-0.25, -0.2) is 0 Å². The number of hydrogen-bond acceptors (Lipinski definition) is 4. The van der Waals surface area contributed by atoms with E-state index in [2.05, 4.69) is 38.1 Å². The average Bonchev–Trinajstić information content (AvgIpc) is 2.80. The summed E-state index contributed by atoms with van der Waals surface area (Å²) < 4.78 is 13.5. The van der Waals surface area contributed by atoms with Gasteiger partial charge in [-0.3, -0.25) is 4.68 Å². The van der Waals surface area contributed by atoms with Crippen LogP contribution in [-0.4, -0.2) is 36.6 Å². The topological polar surface area (TPSA) is 48.3 Å². The summed E-state index contributed by atoms with van der Waals surface area (Å²) in [4.78, 5) is 0. The van der Waals surface area contributed by atoms with Crippen molar-refractivity contribution in [2.75, 3.05) is 20.8 Å². The van der Waals surface area contributed by atoms with Gasteiger partial charge in [0.05, 0.1) is 31.1 Å². The van der Waals surface area contributed by atoms with Crippen molar-refractivity contribution in [3.05, 3.63) is 11.9 Å². The highest BCUT2D eigenvalue weighted by atomic mass is 16.5. The summed E-state index contributed by atoms with van der Waals surface area (Å²) in [5.41, 5.74) is 1.06. The fourth-order valence-corrected chi connectivity index (χ4v) is 2.56. The van der Waals surface area contributed by atoms with Gasteiger partial charge in [0.25, 0.3) is 0 Å². The first-order valence-electron chi connectivity index (χ1n) is 7.29. The molecule has 0 bridgehead atoms. The Morgan fingerprint density at radius 1 is 1.35 bits per heavy atom. The van der Waals surface area contributed by atoms with Crippen molar-refractivity contribution in [2.24, 2.45) is 5.41 Å². The fraction of sp³-hybridized carbons (Fsp3) is 0.800. The van der Waals surface area contributed by atoms with Gasteiger partial charge in [0.15, 0.2) is 5.75 Å². The Balaban J connectivity index is 3.25. The number of rotatable bonds is 7. The Kier molecular flexibility index (Phi) is 6.02. The first kappa shape index (κ1) is 17.0. The van der Waals surface area contributed by atoms with Gasteiger partial charge in [0.2, 0.25) is 0 Å². The molecule has 116 valence electrons. The number of aromatic nitrogens is 2. The number of ether oxygens (including phenoxy) is 2. The third kappa shape index (κ3) is 3.52. The second-order valence-corrected chi connectivity index (χ2v) is 5.92. The summed E-state index contributed by atoms with van der Waals surface area (Å²) in [7, 11) is 3.63. The highest BCUT2D eigenvalue weighted by molar-refractivity contribution is 5.29. The van der Waals surface area contributed by atoms with E-state index in [1.54, 1.807) is 13.3 Å². The number of hydrogen-bond donors (Lipinski definition) is 1. The first-order valence-corrected chi connectivity index (χ1v) is 7.29. The van der Waals surface area contributed by atoms with Gasteiger partial charge in [0, 0.05) is 13.2 Å². The molecule has 2 unspecified atom stereocenters. The van der Waals surface area contributed by atoms with Gasteiger partial charge < -0.3 is 14.8 Å². The average molecular weight is 283 g/mol. The molecule has 0 saturated heterocycles. The summed E-state index contributed by atoms with van der Waals surface area (Å²) in [5.74, 6) is 0.806. The molecule has 0 fully saturated rings. The van der Waals surface area contributed by atoms with Crippen molar-refractivity contribution in [1.82, 2.24) is 15.1 Å². The zero-order chi connectivity index (χ0) is 15.3. The van der Waals surface area contributed by atoms with E-state index < -0.39 is 0 Å². The van der Waals surface area contributed by atoms with Crippen molar-refractivity contribution < 1.29 is 9.47 Å². The molecular weight excluding hydrogens is 254 g/mol. The fourth-order valence-electron chi connectivity index (χ4n) is 2.56. The van der Waals surface area contributed by atoms with E-state index in [1.807, 2.05) is 18.7 Å². The minimum absolute atomic E-state index is 0.0114. The molecule has 0 spiro atoms. The lowest BCUT2D eigenvalue weighted by atomic mass is 9.83. The van der Waals surface area contributed by atoms with E-state index in [1.165, 1.54) is 0 Å². The molecule has 1 rings (SSSR count). The number of likely N-dealkylation sites (N-methyl/N-ethyl adjacent to an activating group) is 1. The van der Waals surface area contributed by atoms with Gasteiger partial charge >= 0.3 is 0 Å². The van der Waals surface area contributed by atoms with E-state index in [4.69, 9.17) is 9.47 Å². The third-order valence-electron chi connectivity index (χ3n) is 3.47. The standard InChI is InChI=1S/C15H29N3O2/c1-8-18-13(11(19-7)10-17-18)12(16-6)14(20-9-2)15(3,4)5/h10,12,14,16H,8-9H2,1-7H3. The van der Waals surface area contributed by atoms with Crippen LogP contribution in [0.15, 0.2) is 6.20 Å². The Bertz CT molecular complexity index is 388. The predicted octanol–water partition coefficient (Wildman–Crippen LogP) is 2.62. The molecule has 20 heavy (non-hydrogen) atoms. The highest BCUT2D eigenvalue weighted by Gasteiger charge is 2.36. The van der Waals surface area contributed by atoms with E-state index in [9.17, 15) is 0 Å². The molecule has 0 saturated carbocycles. The van der Waals surface area contributed by atoms with Crippen LogP contribution in [0, 0.1) is 5.41 Å². The largest absolute Gasteiger partial charge is 0.493 e. The van der Waals surface area contributed by atoms with Crippen LogP contribution in [0.2, 0.25) is 0 Å². The molecule has 5 heteroatoms. The second kappa shape index (κ2) is 7.09. The van der Waals surface area contributed by atoms with E-state index in [0.717, 1.165) is 18.0 Å². The minimum Gasteiger partial charge on any atom is -0.493 e. The Hall–Kier alpha value is -1.07. The van der Waals surface area contributed by atoms with Gasteiger partial charge in [-0.05, 0) is 26.3 Å². The van der Waals surface area contributed by atoms with Gasteiger partial charge in [-0.1, -0.05) is 20.8 Å². The molecule has 2 atom stereocenters. The molecular formula is C15H29N3O2. The number of aryl methyl sites for hydroxylation is 1. The molecule has 1 heterocycles. The van der Waals surface area contributed by atoms with Crippen molar-refractivity contribution in [2.45, 2.75) is 53.3 Å². The van der Waals surface area contributed by atoms with Gasteiger partial charge in [-0.15, -0.1) is 0 Å². The van der Waals surface area contributed by atoms with Gasteiger partial charge in [-0.2, -0.15) is 5.10 Å².